The fourth-order valence-corrected chi connectivity index (χ4v) is 1.99. The average molecular weight is 230 g/mol. The van der Waals surface area contributed by atoms with Crippen LogP contribution in [0.3, 0.4) is 0 Å². The van der Waals surface area contributed by atoms with Crippen molar-refractivity contribution >= 4 is 17.4 Å². The Balaban J connectivity index is 2.21. The van der Waals surface area contributed by atoms with Crippen LogP contribution in [0.2, 0.25) is 5.02 Å². The van der Waals surface area contributed by atoms with E-state index in [1.165, 1.54) is 12.3 Å². The molecule has 2 rings (SSSR count). The molecule has 0 aromatic carbocycles. The molecule has 1 fully saturated rings. The second kappa shape index (κ2) is 4.33. The number of anilines is 1. The van der Waals surface area contributed by atoms with Gasteiger partial charge in [0.15, 0.2) is 11.6 Å². The Kier molecular flexibility index (Phi) is 3.07. The van der Waals surface area contributed by atoms with E-state index in [1.807, 2.05) is 4.90 Å². The van der Waals surface area contributed by atoms with Crippen LogP contribution < -0.4 is 10.6 Å². The molecule has 0 aliphatic carbocycles. The summed E-state index contributed by atoms with van der Waals surface area (Å²) in [5.74, 6) is -0.0221. The molecule has 0 bridgehead atoms. The van der Waals surface area contributed by atoms with E-state index in [2.05, 4.69) is 4.98 Å². The lowest BCUT2D eigenvalue weighted by Crippen LogP contribution is -2.43. The summed E-state index contributed by atoms with van der Waals surface area (Å²) in [6.45, 7) is 1.46. The molecule has 1 saturated heterocycles. The van der Waals surface area contributed by atoms with Crippen LogP contribution in [0.1, 0.15) is 12.8 Å². The lowest BCUT2D eigenvalue weighted by Gasteiger charge is -2.31. The Morgan fingerprint density at radius 2 is 2.40 bits per heavy atom. The number of hydrogen-bond acceptors (Lipinski definition) is 3. The van der Waals surface area contributed by atoms with Crippen molar-refractivity contribution < 1.29 is 4.39 Å². The fraction of sp³-hybridized carbons (Fsp3) is 0.500. The quantitative estimate of drug-likeness (QED) is 0.799. The summed E-state index contributed by atoms with van der Waals surface area (Å²) in [5, 5.41) is 0.317. The van der Waals surface area contributed by atoms with Gasteiger partial charge < -0.3 is 10.6 Å². The molecular formula is C10H13ClFN3. The molecule has 15 heavy (non-hydrogen) atoms. The van der Waals surface area contributed by atoms with E-state index in [1.54, 1.807) is 0 Å². The van der Waals surface area contributed by atoms with Crippen molar-refractivity contribution in [2.75, 3.05) is 18.0 Å². The van der Waals surface area contributed by atoms with Crippen molar-refractivity contribution in [3.8, 4) is 0 Å². The van der Waals surface area contributed by atoms with Crippen LogP contribution in [0.5, 0.6) is 0 Å². The Hall–Kier alpha value is -0.870. The first-order valence-corrected chi connectivity index (χ1v) is 5.36. The number of rotatable bonds is 1. The van der Waals surface area contributed by atoms with Crippen LogP contribution in [0.25, 0.3) is 0 Å². The lowest BCUT2D eigenvalue weighted by molar-refractivity contribution is 0.493. The van der Waals surface area contributed by atoms with Crippen molar-refractivity contribution in [2.45, 2.75) is 18.9 Å². The van der Waals surface area contributed by atoms with Crippen molar-refractivity contribution in [3.63, 3.8) is 0 Å². The Morgan fingerprint density at radius 3 is 3.07 bits per heavy atom. The highest BCUT2D eigenvalue weighted by molar-refractivity contribution is 6.30. The molecule has 1 aliphatic heterocycles. The maximum atomic E-state index is 13.5. The zero-order valence-corrected chi connectivity index (χ0v) is 9.04. The van der Waals surface area contributed by atoms with E-state index in [9.17, 15) is 4.39 Å². The highest BCUT2D eigenvalue weighted by Crippen LogP contribution is 2.22. The van der Waals surface area contributed by atoms with E-state index in [4.69, 9.17) is 17.3 Å². The van der Waals surface area contributed by atoms with Crippen molar-refractivity contribution in [3.05, 3.63) is 23.1 Å². The van der Waals surface area contributed by atoms with E-state index < -0.39 is 0 Å². The summed E-state index contributed by atoms with van der Waals surface area (Å²) in [7, 11) is 0. The van der Waals surface area contributed by atoms with Crippen molar-refractivity contribution in [1.82, 2.24) is 4.98 Å². The van der Waals surface area contributed by atoms with Gasteiger partial charge in [0.1, 0.15) is 0 Å². The number of pyridine rings is 1. The molecule has 3 nitrogen and oxygen atoms in total. The molecule has 2 N–H and O–H groups in total. The minimum atomic E-state index is -0.378. The van der Waals surface area contributed by atoms with Gasteiger partial charge in [0, 0.05) is 25.3 Å². The number of halogens is 2. The van der Waals surface area contributed by atoms with Crippen LogP contribution in [0.4, 0.5) is 10.2 Å². The normalized spacial score (nSPS) is 21.8. The van der Waals surface area contributed by atoms with E-state index in [0.717, 1.165) is 19.4 Å². The van der Waals surface area contributed by atoms with Crippen LogP contribution in [0.15, 0.2) is 12.3 Å². The van der Waals surface area contributed by atoms with Gasteiger partial charge in [-0.2, -0.15) is 0 Å². The van der Waals surface area contributed by atoms with E-state index in [-0.39, 0.29) is 11.9 Å². The van der Waals surface area contributed by atoms with Gasteiger partial charge in [-0.15, -0.1) is 0 Å². The average Bonchev–Trinajstić information content (AvgIpc) is 2.17. The summed E-state index contributed by atoms with van der Waals surface area (Å²) in [6, 6.07) is 1.39. The third-order valence-corrected chi connectivity index (χ3v) is 2.75. The minimum Gasteiger partial charge on any atom is -0.353 e. The molecule has 5 heteroatoms. The standard InChI is InChI=1S/C10H13ClFN3/c11-7-4-9(12)10(14-5-7)15-3-1-2-8(13)6-15/h4-5,8H,1-3,6,13H2/t8-/m1/s1. The van der Waals surface area contributed by atoms with Gasteiger partial charge in [0.05, 0.1) is 5.02 Å². The molecule has 1 aliphatic rings. The number of nitrogens with two attached hydrogens (primary N) is 1. The summed E-state index contributed by atoms with van der Waals surface area (Å²) in [4.78, 5) is 5.87. The predicted octanol–water partition coefficient (Wildman–Crippen LogP) is 1.80. The summed E-state index contributed by atoms with van der Waals surface area (Å²) < 4.78 is 13.5. The second-order valence-corrected chi connectivity index (χ2v) is 4.24. The van der Waals surface area contributed by atoms with Gasteiger partial charge in [-0.25, -0.2) is 9.37 Å². The van der Waals surface area contributed by atoms with Gasteiger partial charge in [-0.1, -0.05) is 11.6 Å². The largest absolute Gasteiger partial charge is 0.353 e. The van der Waals surface area contributed by atoms with E-state index in [0.29, 0.717) is 17.4 Å². The molecule has 1 aromatic heterocycles. The van der Waals surface area contributed by atoms with Gasteiger partial charge >= 0.3 is 0 Å². The Bertz CT molecular complexity index is 359. The van der Waals surface area contributed by atoms with Gasteiger partial charge in [-0.3, -0.25) is 0 Å². The highest BCUT2D eigenvalue weighted by Gasteiger charge is 2.20. The van der Waals surface area contributed by atoms with Crippen LogP contribution in [-0.2, 0) is 0 Å². The van der Waals surface area contributed by atoms with Gasteiger partial charge in [0.2, 0.25) is 0 Å². The maximum absolute atomic E-state index is 13.5. The molecular weight excluding hydrogens is 217 g/mol. The number of nitrogens with zero attached hydrogens (tertiary/aromatic N) is 2. The zero-order valence-electron chi connectivity index (χ0n) is 8.29. The Morgan fingerprint density at radius 1 is 1.60 bits per heavy atom. The maximum Gasteiger partial charge on any atom is 0.167 e. The van der Waals surface area contributed by atoms with Crippen molar-refractivity contribution in [2.24, 2.45) is 5.73 Å². The summed E-state index contributed by atoms with van der Waals surface area (Å²) in [5.41, 5.74) is 5.82. The first-order chi connectivity index (χ1) is 7.16. The second-order valence-electron chi connectivity index (χ2n) is 3.81. The third kappa shape index (κ3) is 2.38. The molecule has 0 amide bonds. The zero-order chi connectivity index (χ0) is 10.8. The van der Waals surface area contributed by atoms with Gasteiger partial charge in [0.25, 0.3) is 0 Å². The SMILES string of the molecule is N[C@@H]1CCCN(c2ncc(Cl)cc2F)C1. The number of aromatic nitrogens is 1. The lowest BCUT2D eigenvalue weighted by atomic mass is 10.1. The Labute approximate surface area is 93.0 Å². The van der Waals surface area contributed by atoms with Crippen LogP contribution >= 0.6 is 11.6 Å². The molecule has 0 spiro atoms. The first-order valence-electron chi connectivity index (χ1n) is 4.98. The highest BCUT2D eigenvalue weighted by atomic mass is 35.5. The van der Waals surface area contributed by atoms with Gasteiger partial charge in [-0.05, 0) is 18.9 Å². The predicted molar refractivity (Wildman–Crippen MR) is 58.6 cm³/mol. The molecule has 0 unspecified atom stereocenters. The molecule has 1 atom stereocenters. The topological polar surface area (TPSA) is 42.1 Å². The monoisotopic (exact) mass is 229 g/mol. The van der Waals surface area contributed by atoms with Crippen LogP contribution in [0, 0.1) is 5.82 Å². The molecule has 0 saturated carbocycles. The minimum absolute atomic E-state index is 0.107. The molecule has 2 heterocycles. The van der Waals surface area contributed by atoms with E-state index >= 15 is 0 Å². The number of hydrogen-bond donors (Lipinski definition) is 1. The smallest absolute Gasteiger partial charge is 0.167 e. The van der Waals surface area contributed by atoms with Crippen molar-refractivity contribution in [1.29, 1.82) is 0 Å². The molecule has 0 radical (unpaired) electrons. The number of piperidine rings is 1. The first kappa shape index (κ1) is 10.6. The van der Waals surface area contributed by atoms with Crippen LogP contribution in [-0.4, -0.2) is 24.1 Å². The molecule has 82 valence electrons. The third-order valence-electron chi connectivity index (χ3n) is 2.55. The fourth-order valence-electron chi connectivity index (χ4n) is 1.84. The summed E-state index contributed by atoms with van der Waals surface area (Å²) in [6.07, 6.45) is 3.43. The summed E-state index contributed by atoms with van der Waals surface area (Å²) >= 11 is 5.64. The molecule has 1 aromatic rings.